The minimum absolute atomic E-state index is 0.00440. The van der Waals surface area contributed by atoms with Crippen LogP contribution in [0.4, 0.5) is 0 Å². The second-order valence-electron chi connectivity index (χ2n) is 4.96. The van der Waals surface area contributed by atoms with Gasteiger partial charge in [-0.25, -0.2) is 0 Å². The van der Waals surface area contributed by atoms with Crippen molar-refractivity contribution in [3.8, 4) is 0 Å². The first kappa shape index (κ1) is 19.0. The molecule has 0 saturated heterocycles. The minimum atomic E-state index is -1.06. The maximum Gasteiger partial charge on any atom is 0.303 e. The molecule has 4 N–H and O–H groups in total. The summed E-state index contributed by atoms with van der Waals surface area (Å²) in [6.45, 7) is 3.71. The molecule has 0 aliphatic rings. The summed E-state index contributed by atoms with van der Waals surface area (Å²) >= 11 is 0. The van der Waals surface area contributed by atoms with Gasteiger partial charge < -0.3 is 15.2 Å². The van der Waals surface area contributed by atoms with Crippen molar-refractivity contribution in [1.29, 1.82) is 0 Å². The highest BCUT2D eigenvalue weighted by molar-refractivity contribution is 5.90. The quantitative estimate of drug-likeness (QED) is 0.355. The van der Waals surface area contributed by atoms with E-state index in [-0.39, 0.29) is 43.9 Å². The summed E-state index contributed by atoms with van der Waals surface area (Å²) < 4.78 is 4.44. The van der Waals surface area contributed by atoms with Gasteiger partial charge in [0.1, 0.15) is 0 Å². The molecule has 8 heteroatoms. The number of ether oxygens (including phenoxy) is 1. The van der Waals surface area contributed by atoms with E-state index in [0.717, 1.165) is 0 Å². The number of ketones is 1. The summed E-state index contributed by atoms with van der Waals surface area (Å²) in [5, 5.41) is 11.1. The van der Waals surface area contributed by atoms with E-state index in [0.29, 0.717) is 0 Å². The molecular weight excluding hydrogens is 280 g/mol. The van der Waals surface area contributed by atoms with Gasteiger partial charge in [0.25, 0.3) is 6.47 Å². The number of carbonyl (C=O) groups excluding carboxylic acids is 3. The van der Waals surface area contributed by atoms with Crippen molar-refractivity contribution >= 4 is 24.1 Å². The summed E-state index contributed by atoms with van der Waals surface area (Å²) in [4.78, 5) is 44.1. The van der Waals surface area contributed by atoms with Crippen LogP contribution in [-0.4, -0.2) is 41.5 Å². The zero-order valence-corrected chi connectivity index (χ0v) is 12.2. The second kappa shape index (κ2) is 9.87. The van der Waals surface area contributed by atoms with E-state index in [9.17, 15) is 19.2 Å². The number of rotatable bonds is 11. The van der Waals surface area contributed by atoms with Crippen LogP contribution in [0.5, 0.6) is 0 Å². The van der Waals surface area contributed by atoms with Crippen LogP contribution in [0.15, 0.2) is 0 Å². The Kier molecular flexibility index (Phi) is 8.95. The van der Waals surface area contributed by atoms with Crippen LogP contribution in [0.1, 0.15) is 39.5 Å². The van der Waals surface area contributed by atoms with Crippen LogP contribution < -0.4 is 11.1 Å². The molecule has 0 heterocycles. The lowest BCUT2D eigenvalue weighted by Crippen LogP contribution is -2.44. The molecule has 0 unspecified atom stereocenters. The lowest BCUT2D eigenvalue weighted by molar-refractivity contribution is -0.139. The van der Waals surface area contributed by atoms with Crippen LogP contribution in [0.2, 0.25) is 0 Å². The summed E-state index contributed by atoms with van der Waals surface area (Å²) in [5.74, 6) is -1.94. The molecule has 0 saturated carbocycles. The van der Waals surface area contributed by atoms with E-state index in [1.54, 1.807) is 13.8 Å². The number of carboxylic acid groups (broad SMARTS) is 1. The molecule has 120 valence electrons. The molecule has 0 fully saturated rings. The molecule has 8 nitrogen and oxygen atoms in total. The van der Waals surface area contributed by atoms with Gasteiger partial charge in [0.15, 0.2) is 12.0 Å². The monoisotopic (exact) mass is 302 g/mol. The summed E-state index contributed by atoms with van der Waals surface area (Å²) in [6.07, 6.45) is -1.13. The first-order chi connectivity index (χ1) is 9.77. The van der Waals surface area contributed by atoms with Crippen molar-refractivity contribution in [3.63, 3.8) is 0 Å². The number of hydrogen-bond acceptors (Lipinski definition) is 6. The first-order valence-electron chi connectivity index (χ1n) is 6.66. The van der Waals surface area contributed by atoms with E-state index in [4.69, 9.17) is 10.8 Å². The number of hydrogen-bond donors (Lipinski definition) is 3. The van der Waals surface area contributed by atoms with Gasteiger partial charge in [-0.1, -0.05) is 13.8 Å². The zero-order valence-electron chi connectivity index (χ0n) is 12.2. The average molecular weight is 302 g/mol. The molecule has 1 amide bonds. The first-order valence-corrected chi connectivity index (χ1v) is 6.66. The number of carbonyl (C=O) groups is 4. The zero-order chi connectivity index (χ0) is 16.4. The standard InChI is InChI=1S/C13H22N2O6/c1-8(2)13(9(17)3-6-12(19)20)15-11(18)5-4-10(14)21-7-16/h7-8,10,13H,3-6,14H2,1-2H3,(H,15,18)(H,19,20)/t10-,13+/m1/s1. The van der Waals surface area contributed by atoms with Crippen molar-refractivity contribution in [2.24, 2.45) is 11.7 Å². The SMILES string of the molecule is CC(C)[C@H](NC(=O)CC[C@H](N)OC=O)C(=O)CCC(=O)O. The van der Waals surface area contributed by atoms with E-state index in [1.807, 2.05) is 0 Å². The molecule has 0 aromatic rings. The number of aliphatic carboxylic acids is 1. The van der Waals surface area contributed by atoms with Crippen molar-refractivity contribution < 1.29 is 29.0 Å². The molecule has 0 bridgehead atoms. The smallest absolute Gasteiger partial charge is 0.303 e. The van der Waals surface area contributed by atoms with E-state index in [2.05, 4.69) is 10.1 Å². The molecule has 0 rings (SSSR count). The van der Waals surface area contributed by atoms with Crippen LogP contribution in [0.25, 0.3) is 0 Å². The normalized spacial score (nSPS) is 13.3. The minimum Gasteiger partial charge on any atom is -0.481 e. The van der Waals surface area contributed by atoms with Gasteiger partial charge in [-0.15, -0.1) is 0 Å². The Morgan fingerprint density at radius 3 is 2.33 bits per heavy atom. The summed E-state index contributed by atoms with van der Waals surface area (Å²) in [5.41, 5.74) is 5.40. The van der Waals surface area contributed by atoms with Crippen LogP contribution >= 0.6 is 0 Å². The predicted molar refractivity (Wildman–Crippen MR) is 73.0 cm³/mol. The highest BCUT2D eigenvalue weighted by Crippen LogP contribution is 2.08. The fourth-order valence-corrected chi connectivity index (χ4v) is 1.66. The van der Waals surface area contributed by atoms with Crippen LogP contribution in [0.3, 0.4) is 0 Å². The molecule has 2 atom stereocenters. The predicted octanol–water partition coefficient (Wildman–Crippen LogP) is -0.201. The van der Waals surface area contributed by atoms with Gasteiger partial charge in [0, 0.05) is 19.3 Å². The molecule has 0 aliphatic carbocycles. The average Bonchev–Trinajstić information content (AvgIpc) is 2.39. The Bertz CT molecular complexity index is 383. The maximum absolute atomic E-state index is 11.9. The summed E-state index contributed by atoms with van der Waals surface area (Å²) in [6, 6.07) is -0.736. The molecular formula is C13H22N2O6. The topological polar surface area (TPSA) is 136 Å². The van der Waals surface area contributed by atoms with Crippen molar-refractivity contribution in [3.05, 3.63) is 0 Å². The Balaban J connectivity index is 4.36. The Morgan fingerprint density at radius 1 is 1.24 bits per heavy atom. The third-order valence-electron chi connectivity index (χ3n) is 2.80. The Morgan fingerprint density at radius 2 is 1.86 bits per heavy atom. The molecule has 0 spiro atoms. The third-order valence-corrected chi connectivity index (χ3v) is 2.80. The highest BCUT2D eigenvalue weighted by Gasteiger charge is 2.24. The van der Waals surface area contributed by atoms with Gasteiger partial charge in [-0.2, -0.15) is 0 Å². The lowest BCUT2D eigenvalue weighted by Gasteiger charge is -2.21. The summed E-state index contributed by atoms with van der Waals surface area (Å²) in [7, 11) is 0. The number of nitrogens with two attached hydrogens (primary N) is 1. The fourth-order valence-electron chi connectivity index (χ4n) is 1.66. The van der Waals surface area contributed by atoms with E-state index < -0.39 is 24.1 Å². The Hall–Kier alpha value is -1.96. The van der Waals surface area contributed by atoms with Crippen LogP contribution in [0, 0.1) is 5.92 Å². The van der Waals surface area contributed by atoms with Crippen molar-refractivity contribution in [2.45, 2.75) is 51.8 Å². The van der Waals surface area contributed by atoms with Crippen molar-refractivity contribution in [2.75, 3.05) is 0 Å². The van der Waals surface area contributed by atoms with Gasteiger partial charge in [-0.05, 0) is 5.92 Å². The second-order valence-corrected chi connectivity index (χ2v) is 4.96. The Labute approximate surface area is 123 Å². The maximum atomic E-state index is 11.9. The van der Waals surface area contributed by atoms with Gasteiger partial charge in [0.2, 0.25) is 5.91 Å². The molecule has 21 heavy (non-hydrogen) atoms. The van der Waals surface area contributed by atoms with Gasteiger partial charge in [-0.3, -0.25) is 24.9 Å². The number of Topliss-reactive ketones (excluding diaryl/α,β-unsaturated/α-hetero) is 1. The molecule has 0 aliphatic heterocycles. The molecule has 0 radical (unpaired) electrons. The number of nitrogens with one attached hydrogen (secondary N) is 1. The third kappa shape index (κ3) is 8.74. The van der Waals surface area contributed by atoms with Gasteiger partial charge in [0.05, 0.1) is 12.5 Å². The van der Waals surface area contributed by atoms with Crippen LogP contribution in [-0.2, 0) is 23.9 Å². The lowest BCUT2D eigenvalue weighted by atomic mass is 9.96. The van der Waals surface area contributed by atoms with E-state index in [1.165, 1.54) is 0 Å². The molecule has 0 aromatic carbocycles. The molecule has 0 aromatic heterocycles. The number of carboxylic acids is 1. The largest absolute Gasteiger partial charge is 0.481 e. The highest BCUT2D eigenvalue weighted by atomic mass is 16.5. The van der Waals surface area contributed by atoms with Gasteiger partial charge >= 0.3 is 5.97 Å². The van der Waals surface area contributed by atoms with E-state index >= 15 is 0 Å². The van der Waals surface area contributed by atoms with Crippen molar-refractivity contribution in [1.82, 2.24) is 5.32 Å². The fraction of sp³-hybridized carbons (Fsp3) is 0.692. The number of amides is 1.